The van der Waals surface area contributed by atoms with Gasteiger partial charge in [-0.25, -0.2) is 4.98 Å². The molecule has 8 heteroatoms. The predicted octanol–water partition coefficient (Wildman–Crippen LogP) is 2.58. The summed E-state index contributed by atoms with van der Waals surface area (Å²) in [4.78, 5) is 21.8. The van der Waals surface area contributed by atoms with Crippen molar-refractivity contribution in [1.82, 2.24) is 19.7 Å². The van der Waals surface area contributed by atoms with E-state index >= 15 is 0 Å². The van der Waals surface area contributed by atoms with Crippen LogP contribution in [0.5, 0.6) is 0 Å². The van der Waals surface area contributed by atoms with E-state index in [1.807, 2.05) is 32.0 Å². The third-order valence-electron chi connectivity index (χ3n) is 3.80. The van der Waals surface area contributed by atoms with Gasteiger partial charge in [-0.15, -0.1) is 0 Å². The molecule has 25 heavy (non-hydrogen) atoms. The molecule has 132 valence electrons. The van der Waals surface area contributed by atoms with Gasteiger partial charge < -0.3 is 9.63 Å². The van der Waals surface area contributed by atoms with Gasteiger partial charge in [0.15, 0.2) is 11.0 Å². The van der Waals surface area contributed by atoms with Crippen molar-refractivity contribution in [3.05, 3.63) is 46.3 Å². The Balaban J connectivity index is 1.99. The van der Waals surface area contributed by atoms with Gasteiger partial charge in [-0.3, -0.25) is 9.36 Å². The summed E-state index contributed by atoms with van der Waals surface area (Å²) in [6.07, 6.45) is 1.19. The number of aromatic nitrogens is 4. The largest absolute Gasteiger partial charge is 0.396 e. The maximum atomic E-state index is 12.8. The van der Waals surface area contributed by atoms with E-state index in [0.29, 0.717) is 47.2 Å². The SMILES string of the molecule is CCc1noc(C(C)Sc2nc3ccccc3c(=O)n2CCCO)n1. The van der Waals surface area contributed by atoms with Crippen molar-refractivity contribution in [1.29, 1.82) is 0 Å². The lowest BCUT2D eigenvalue weighted by molar-refractivity contribution is 0.276. The van der Waals surface area contributed by atoms with Crippen LogP contribution in [0, 0.1) is 0 Å². The molecule has 0 spiro atoms. The van der Waals surface area contributed by atoms with Gasteiger partial charge in [-0.2, -0.15) is 4.98 Å². The molecule has 1 N–H and O–H groups in total. The molecule has 0 saturated heterocycles. The molecule has 0 aliphatic carbocycles. The standard InChI is InChI=1S/C17H20N4O3S/c1-3-14-19-15(24-20-14)11(2)25-17-18-13-8-5-4-7-12(13)16(23)21(17)9-6-10-22/h4-5,7-8,11,22H,3,6,9-10H2,1-2H3. The van der Waals surface area contributed by atoms with Crippen molar-refractivity contribution in [2.24, 2.45) is 0 Å². The molecule has 0 bridgehead atoms. The number of thioether (sulfide) groups is 1. The summed E-state index contributed by atoms with van der Waals surface area (Å²) in [6, 6.07) is 7.27. The normalized spacial score (nSPS) is 12.6. The summed E-state index contributed by atoms with van der Waals surface area (Å²) >= 11 is 1.40. The minimum atomic E-state index is -0.138. The maximum Gasteiger partial charge on any atom is 0.262 e. The number of rotatable bonds is 7. The highest BCUT2D eigenvalue weighted by atomic mass is 32.2. The molecule has 1 atom stereocenters. The van der Waals surface area contributed by atoms with Gasteiger partial charge in [-0.05, 0) is 25.5 Å². The Bertz CT molecular complexity index is 922. The van der Waals surface area contributed by atoms with Crippen LogP contribution in [0.2, 0.25) is 0 Å². The Morgan fingerprint density at radius 3 is 2.84 bits per heavy atom. The molecule has 3 rings (SSSR count). The first-order valence-electron chi connectivity index (χ1n) is 8.23. The Morgan fingerprint density at radius 1 is 1.32 bits per heavy atom. The van der Waals surface area contributed by atoms with E-state index < -0.39 is 0 Å². The number of aliphatic hydroxyl groups excluding tert-OH is 1. The average Bonchev–Trinajstić information content (AvgIpc) is 3.11. The summed E-state index contributed by atoms with van der Waals surface area (Å²) in [5.74, 6) is 1.17. The van der Waals surface area contributed by atoms with Crippen LogP contribution >= 0.6 is 11.8 Å². The van der Waals surface area contributed by atoms with Gasteiger partial charge in [-0.1, -0.05) is 36.0 Å². The highest BCUT2D eigenvalue weighted by molar-refractivity contribution is 7.99. The first-order valence-corrected chi connectivity index (χ1v) is 9.11. The summed E-state index contributed by atoms with van der Waals surface area (Å²) in [5.41, 5.74) is 0.552. The lowest BCUT2D eigenvalue weighted by Gasteiger charge is -2.14. The Kier molecular flexibility index (Phi) is 5.50. The van der Waals surface area contributed by atoms with Gasteiger partial charge >= 0.3 is 0 Å². The molecule has 0 saturated carbocycles. The van der Waals surface area contributed by atoms with E-state index in [2.05, 4.69) is 15.1 Å². The highest BCUT2D eigenvalue weighted by Crippen LogP contribution is 2.33. The smallest absolute Gasteiger partial charge is 0.262 e. The fraction of sp³-hybridized carbons (Fsp3) is 0.412. The van der Waals surface area contributed by atoms with Gasteiger partial charge in [0.05, 0.1) is 16.2 Å². The summed E-state index contributed by atoms with van der Waals surface area (Å²) in [7, 11) is 0. The molecule has 0 radical (unpaired) electrons. The Hall–Kier alpha value is -2.19. The van der Waals surface area contributed by atoms with E-state index in [0.717, 1.165) is 0 Å². The second kappa shape index (κ2) is 7.79. The van der Waals surface area contributed by atoms with Crippen molar-refractivity contribution >= 4 is 22.7 Å². The van der Waals surface area contributed by atoms with Crippen LogP contribution < -0.4 is 5.56 Å². The summed E-state index contributed by atoms with van der Waals surface area (Å²) in [6.45, 7) is 4.33. The highest BCUT2D eigenvalue weighted by Gasteiger charge is 2.19. The van der Waals surface area contributed by atoms with Gasteiger partial charge in [0.2, 0.25) is 5.89 Å². The van der Waals surface area contributed by atoms with E-state index in [1.54, 1.807) is 10.6 Å². The van der Waals surface area contributed by atoms with Crippen LogP contribution in [0.4, 0.5) is 0 Å². The lowest BCUT2D eigenvalue weighted by Crippen LogP contribution is -2.24. The van der Waals surface area contributed by atoms with Crippen molar-refractivity contribution in [2.45, 2.75) is 43.6 Å². The molecule has 1 unspecified atom stereocenters. The lowest BCUT2D eigenvalue weighted by atomic mass is 10.2. The second-order valence-electron chi connectivity index (χ2n) is 5.61. The molecular formula is C17H20N4O3S. The second-order valence-corrected chi connectivity index (χ2v) is 6.92. The molecule has 2 aromatic heterocycles. The Labute approximate surface area is 149 Å². The first kappa shape index (κ1) is 17.6. The van der Waals surface area contributed by atoms with Gasteiger partial charge in [0.25, 0.3) is 5.56 Å². The number of benzene rings is 1. The molecule has 1 aromatic carbocycles. The molecule has 2 heterocycles. The molecule has 0 aliphatic rings. The monoisotopic (exact) mass is 360 g/mol. The van der Waals surface area contributed by atoms with E-state index in [1.165, 1.54) is 11.8 Å². The number of nitrogens with zero attached hydrogens (tertiary/aromatic N) is 4. The quantitative estimate of drug-likeness (QED) is 0.511. The topological polar surface area (TPSA) is 94.0 Å². The van der Waals surface area contributed by atoms with Crippen LogP contribution in [0.3, 0.4) is 0 Å². The van der Waals surface area contributed by atoms with Crippen LogP contribution in [-0.2, 0) is 13.0 Å². The molecule has 0 aliphatic heterocycles. The van der Waals surface area contributed by atoms with Gasteiger partial charge in [0, 0.05) is 19.6 Å². The first-order chi connectivity index (χ1) is 12.1. The summed E-state index contributed by atoms with van der Waals surface area (Å²) < 4.78 is 6.90. The van der Waals surface area contributed by atoms with E-state index in [-0.39, 0.29) is 17.4 Å². The zero-order valence-electron chi connectivity index (χ0n) is 14.2. The van der Waals surface area contributed by atoms with Crippen molar-refractivity contribution in [3.63, 3.8) is 0 Å². The number of aryl methyl sites for hydroxylation is 1. The fourth-order valence-electron chi connectivity index (χ4n) is 2.45. The number of aliphatic hydroxyl groups is 1. The molecule has 3 aromatic rings. The fourth-order valence-corrected chi connectivity index (χ4v) is 3.41. The van der Waals surface area contributed by atoms with Crippen LogP contribution in [0.15, 0.2) is 38.7 Å². The predicted molar refractivity (Wildman–Crippen MR) is 95.7 cm³/mol. The zero-order valence-corrected chi connectivity index (χ0v) is 15.0. The van der Waals surface area contributed by atoms with Crippen molar-refractivity contribution in [3.8, 4) is 0 Å². The van der Waals surface area contributed by atoms with Gasteiger partial charge in [0.1, 0.15) is 0 Å². The van der Waals surface area contributed by atoms with Crippen LogP contribution in [-0.4, -0.2) is 31.4 Å². The molecular weight excluding hydrogens is 340 g/mol. The molecule has 0 fully saturated rings. The van der Waals surface area contributed by atoms with Crippen molar-refractivity contribution < 1.29 is 9.63 Å². The minimum Gasteiger partial charge on any atom is -0.396 e. The minimum absolute atomic E-state index is 0.0163. The van der Waals surface area contributed by atoms with E-state index in [9.17, 15) is 4.79 Å². The van der Waals surface area contributed by atoms with Crippen molar-refractivity contribution in [2.75, 3.05) is 6.61 Å². The van der Waals surface area contributed by atoms with E-state index in [4.69, 9.17) is 9.63 Å². The number of hydrogen-bond acceptors (Lipinski definition) is 7. The maximum absolute atomic E-state index is 12.8. The Morgan fingerprint density at radius 2 is 2.12 bits per heavy atom. The van der Waals surface area contributed by atoms with Crippen LogP contribution in [0.1, 0.15) is 37.2 Å². The molecule has 0 amide bonds. The average molecular weight is 360 g/mol. The number of hydrogen-bond donors (Lipinski definition) is 1. The molecule has 7 nitrogen and oxygen atoms in total. The van der Waals surface area contributed by atoms with Crippen LogP contribution in [0.25, 0.3) is 10.9 Å². The number of para-hydroxylation sites is 1. The zero-order chi connectivity index (χ0) is 17.8. The summed E-state index contributed by atoms with van der Waals surface area (Å²) in [5, 5.41) is 14.1. The number of fused-ring (bicyclic) bond motifs is 1. The third-order valence-corrected chi connectivity index (χ3v) is 4.87. The third kappa shape index (κ3) is 3.74.